The molecule has 2 heterocycles. The number of nitrogen functional groups attached to an aromatic ring is 1. The van der Waals surface area contributed by atoms with Gasteiger partial charge in [0.15, 0.2) is 5.82 Å². The van der Waals surface area contributed by atoms with Gasteiger partial charge in [-0.1, -0.05) is 16.8 Å². The van der Waals surface area contributed by atoms with Crippen LogP contribution in [0.1, 0.15) is 11.9 Å². The minimum atomic E-state index is 0.187. The van der Waals surface area contributed by atoms with E-state index in [0.717, 1.165) is 18.1 Å². The Kier molecular flexibility index (Phi) is 3.87. The third-order valence-corrected chi connectivity index (χ3v) is 4.64. The average molecular weight is 311 g/mol. The van der Waals surface area contributed by atoms with E-state index in [1.54, 1.807) is 18.2 Å². The molecule has 1 aromatic carbocycles. The van der Waals surface area contributed by atoms with E-state index in [-0.39, 0.29) is 6.04 Å². The Balaban J connectivity index is 1.91. The minimum absolute atomic E-state index is 0.187. The largest absolute Gasteiger partial charge is 0.398 e. The fraction of sp³-hybridized carbons (Fsp3) is 0.385. The van der Waals surface area contributed by atoms with E-state index < -0.39 is 0 Å². The average Bonchev–Trinajstić information content (AvgIpc) is 2.91. The summed E-state index contributed by atoms with van der Waals surface area (Å²) in [5.41, 5.74) is 7.20. The van der Waals surface area contributed by atoms with Crippen molar-refractivity contribution in [2.24, 2.45) is 0 Å². The number of halogens is 1. The lowest BCUT2D eigenvalue weighted by Gasteiger charge is -2.29. The second kappa shape index (κ2) is 5.63. The highest BCUT2D eigenvalue weighted by Gasteiger charge is 2.26. The molecule has 0 amide bonds. The summed E-state index contributed by atoms with van der Waals surface area (Å²) in [6.07, 6.45) is 0. The predicted octanol–water partition coefficient (Wildman–Crippen LogP) is 2.69. The molecule has 106 valence electrons. The zero-order valence-corrected chi connectivity index (χ0v) is 12.6. The van der Waals surface area contributed by atoms with Crippen LogP contribution in [0.15, 0.2) is 22.7 Å². The van der Waals surface area contributed by atoms with Gasteiger partial charge < -0.3 is 10.3 Å². The first-order valence-corrected chi connectivity index (χ1v) is 7.85. The van der Waals surface area contributed by atoms with Crippen LogP contribution in [0.4, 0.5) is 5.69 Å². The van der Waals surface area contributed by atoms with Gasteiger partial charge in [-0.3, -0.25) is 4.90 Å². The molecular weight excluding hydrogens is 296 g/mol. The Morgan fingerprint density at radius 3 is 3.15 bits per heavy atom. The fourth-order valence-electron chi connectivity index (χ4n) is 2.15. The number of rotatable bonds is 2. The van der Waals surface area contributed by atoms with Gasteiger partial charge in [-0.05, 0) is 25.2 Å². The maximum Gasteiger partial charge on any atom is 0.260 e. The number of nitrogens with zero attached hydrogens (tertiary/aromatic N) is 3. The number of nitrogens with two attached hydrogens (primary N) is 1. The first-order valence-electron chi connectivity index (χ1n) is 6.32. The molecule has 1 fully saturated rings. The SMILES string of the molecule is CN1CCSCC1c1noc(-c2cc(Cl)ccc2N)n1. The highest BCUT2D eigenvalue weighted by molar-refractivity contribution is 7.99. The van der Waals surface area contributed by atoms with Gasteiger partial charge in [-0.25, -0.2) is 0 Å². The second-order valence-electron chi connectivity index (χ2n) is 4.76. The number of thioether (sulfide) groups is 1. The van der Waals surface area contributed by atoms with Crippen LogP contribution in [0.25, 0.3) is 11.5 Å². The predicted molar refractivity (Wildman–Crippen MR) is 81.9 cm³/mol. The molecule has 2 N–H and O–H groups in total. The summed E-state index contributed by atoms with van der Waals surface area (Å²) in [7, 11) is 2.08. The lowest BCUT2D eigenvalue weighted by Crippen LogP contribution is -2.33. The van der Waals surface area contributed by atoms with E-state index in [4.69, 9.17) is 21.9 Å². The summed E-state index contributed by atoms with van der Waals surface area (Å²) in [6, 6.07) is 5.41. The lowest BCUT2D eigenvalue weighted by molar-refractivity contribution is 0.257. The van der Waals surface area contributed by atoms with Crippen molar-refractivity contribution in [2.45, 2.75) is 6.04 Å². The van der Waals surface area contributed by atoms with Crippen molar-refractivity contribution in [3.63, 3.8) is 0 Å². The first kappa shape index (κ1) is 13.7. The Morgan fingerprint density at radius 2 is 2.35 bits per heavy atom. The van der Waals surface area contributed by atoms with E-state index in [1.165, 1.54) is 0 Å². The maximum atomic E-state index is 5.99. The molecule has 0 radical (unpaired) electrons. The normalized spacial score (nSPS) is 20.2. The molecule has 1 atom stereocenters. The van der Waals surface area contributed by atoms with Crippen LogP contribution in [0.2, 0.25) is 5.02 Å². The Hall–Kier alpha value is -1.24. The van der Waals surface area contributed by atoms with Crippen LogP contribution < -0.4 is 5.73 Å². The van der Waals surface area contributed by atoms with Crippen LogP contribution in [0, 0.1) is 0 Å². The fourth-order valence-corrected chi connectivity index (χ4v) is 3.53. The quantitative estimate of drug-likeness (QED) is 0.860. The van der Waals surface area contributed by atoms with Gasteiger partial charge in [-0.15, -0.1) is 0 Å². The monoisotopic (exact) mass is 310 g/mol. The van der Waals surface area contributed by atoms with Crippen LogP contribution in [0.3, 0.4) is 0 Å². The van der Waals surface area contributed by atoms with E-state index in [1.807, 2.05) is 11.8 Å². The molecule has 2 aromatic rings. The van der Waals surface area contributed by atoms with Crippen molar-refractivity contribution in [1.29, 1.82) is 0 Å². The zero-order valence-electron chi connectivity index (χ0n) is 11.0. The standard InChI is InChI=1S/C13H15ClN4OS/c1-18-4-5-20-7-11(18)12-16-13(19-17-12)9-6-8(14)2-3-10(9)15/h2-3,6,11H,4-5,7,15H2,1H3. The highest BCUT2D eigenvalue weighted by Crippen LogP contribution is 2.31. The second-order valence-corrected chi connectivity index (χ2v) is 6.35. The summed E-state index contributed by atoms with van der Waals surface area (Å²) < 4.78 is 5.35. The summed E-state index contributed by atoms with van der Waals surface area (Å²) in [5.74, 6) is 3.23. The lowest BCUT2D eigenvalue weighted by atomic mass is 10.2. The molecular formula is C13H15ClN4OS. The van der Waals surface area contributed by atoms with Crippen molar-refractivity contribution < 1.29 is 4.52 Å². The van der Waals surface area contributed by atoms with Gasteiger partial charge in [-0.2, -0.15) is 16.7 Å². The van der Waals surface area contributed by atoms with Crippen molar-refractivity contribution in [3.8, 4) is 11.5 Å². The summed E-state index contributed by atoms with van der Waals surface area (Å²) in [4.78, 5) is 6.73. The van der Waals surface area contributed by atoms with Gasteiger partial charge in [0.05, 0.1) is 11.6 Å². The van der Waals surface area contributed by atoms with Gasteiger partial charge in [0, 0.05) is 28.8 Å². The van der Waals surface area contributed by atoms with E-state index in [2.05, 4.69) is 22.1 Å². The van der Waals surface area contributed by atoms with E-state index in [9.17, 15) is 0 Å². The topological polar surface area (TPSA) is 68.2 Å². The smallest absolute Gasteiger partial charge is 0.260 e. The van der Waals surface area contributed by atoms with Crippen molar-refractivity contribution >= 4 is 29.1 Å². The van der Waals surface area contributed by atoms with Crippen LogP contribution >= 0.6 is 23.4 Å². The molecule has 0 bridgehead atoms. The van der Waals surface area contributed by atoms with Crippen molar-refractivity contribution in [2.75, 3.05) is 30.8 Å². The zero-order chi connectivity index (χ0) is 14.1. The molecule has 1 aliphatic heterocycles. The molecule has 3 rings (SSSR count). The summed E-state index contributed by atoms with van der Waals surface area (Å²) >= 11 is 7.89. The summed E-state index contributed by atoms with van der Waals surface area (Å²) in [6.45, 7) is 1.03. The van der Waals surface area contributed by atoms with E-state index in [0.29, 0.717) is 28.0 Å². The molecule has 0 spiro atoms. The number of hydrogen-bond donors (Lipinski definition) is 1. The molecule has 1 aromatic heterocycles. The van der Waals surface area contributed by atoms with Crippen molar-refractivity contribution in [1.82, 2.24) is 15.0 Å². The first-order chi connectivity index (χ1) is 9.65. The molecule has 0 saturated carbocycles. The number of benzene rings is 1. The molecule has 0 aliphatic carbocycles. The molecule has 1 saturated heterocycles. The number of hydrogen-bond acceptors (Lipinski definition) is 6. The van der Waals surface area contributed by atoms with Crippen LogP contribution in [-0.4, -0.2) is 40.1 Å². The molecule has 20 heavy (non-hydrogen) atoms. The third kappa shape index (κ3) is 2.63. The van der Waals surface area contributed by atoms with E-state index >= 15 is 0 Å². The van der Waals surface area contributed by atoms with Gasteiger partial charge in [0.2, 0.25) is 0 Å². The minimum Gasteiger partial charge on any atom is -0.398 e. The number of aromatic nitrogens is 2. The highest BCUT2D eigenvalue weighted by atomic mass is 35.5. The van der Waals surface area contributed by atoms with Crippen LogP contribution in [0.5, 0.6) is 0 Å². The molecule has 5 nitrogen and oxygen atoms in total. The Bertz CT molecular complexity index is 618. The molecule has 1 unspecified atom stereocenters. The Labute approximate surface area is 126 Å². The Morgan fingerprint density at radius 1 is 1.50 bits per heavy atom. The van der Waals surface area contributed by atoms with Crippen molar-refractivity contribution in [3.05, 3.63) is 29.0 Å². The molecule has 7 heteroatoms. The van der Waals surface area contributed by atoms with Gasteiger partial charge >= 0.3 is 0 Å². The van der Waals surface area contributed by atoms with Gasteiger partial charge in [0.25, 0.3) is 5.89 Å². The maximum absolute atomic E-state index is 5.99. The third-order valence-electron chi connectivity index (χ3n) is 3.38. The number of anilines is 1. The van der Waals surface area contributed by atoms with Crippen LogP contribution in [-0.2, 0) is 0 Å². The van der Waals surface area contributed by atoms with Gasteiger partial charge in [0.1, 0.15) is 0 Å². The summed E-state index contributed by atoms with van der Waals surface area (Å²) in [5, 5.41) is 4.69. The molecule has 1 aliphatic rings.